The fourth-order valence-electron chi connectivity index (χ4n) is 2.64. The number of halogens is 2. The Bertz CT molecular complexity index is 488. The van der Waals surface area contributed by atoms with Gasteiger partial charge in [-0.1, -0.05) is 29.3 Å². The van der Waals surface area contributed by atoms with Gasteiger partial charge in [0, 0.05) is 6.54 Å². The second-order valence-electron chi connectivity index (χ2n) is 5.17. The molecule has 0 aromatic heterocycles. The molecule has 1 aromatic carbocycles. The minimum atomic E-state index is -0.0832. The topological polar surface area (TPSA) is 70.9 Å². The van der Waals surface area contributed by atoms with E-state index in [4.69, 9.17) is 34.8 Å². The van der Waals surface area contributed by atoms with E-state index in [1.54, 1.807) is 6.07 Å². The summed E-state index contributed by atoms with van der Waals surface area (Å²) in [7, 11) is 0. The van der Waals surface area contributed by atoms with Gasteiger partial charge in [0.05, 0.1) is 16.1 Å². The smallest absolute Gasteiger partial charge is 0.107 e. The average molecular weight is 330 g/mol. The van der Waals surface area contributed by atoms with Crippen molar-refractivity contribution < 1.29 is 0 Å². The summed E-state index contributed by atoms with van der Waals surface area (Å²) >= 11 is 12.1. The van der Waals surface area contributed by atoms with Crippen LogP contribution in [0.3, 0.4) is 0 Å². The fraction of sp³-hybridized carbons (Fsp3) is 0.500. The van der Waals surface area contributed by atoms with Crippen LogP contribution in [0.4, 0.5) is 0 Å². The van der Waals surface area contributed by atoms with E-state index in [0.717, 1.165) is 31.6 Å². The van der Waals surface area contributed by atoms with Crippen molar-refractivity contribution in [2.75, 3.05) is 19.6 Å². The van der Waals surface area contributed by atoms with Gasteiger partial charge in [0.25, 0.3) is 0 Å². The lowest BCUT2D eigenvalue weighted by atomic mass is 10.0. The first-order valence-electron chi connectivity index (χ1n) is 7.07. The lowest BCUT2D eigenvalue weighted by Gasteiger charge is -2.27. The highest BCUT2D eigenvalue weighted by Gasteiger charge is 2.20. The van der Waals surface area contributed by atoms with Gasteiger partial charge < -0.3 is 10.6 Å². The predicted molar refractivity (Wildman–Crippen MR) is 88.2 cm³/mol. The Morgan fingerprint density at radius 2 is 2.00 bits per heavy atom. The molecule has 1 aromatic rings. The zero-order valence-electron chi connectivity index (χ0n) is 11.9. The molecule has 1 heterocycles. The van der Waals surface area contributed by atoms with Crippen LogP contribution in [0.25, 0.3) is 0 Å². The maximum Gasteiger partial charge on any atom is 0.107 e. The second kappa shape index (κ2) is 7.84. The van der Waals surface area contributed by atoms with Crippen molar-refractivity contribution in [3.63, 3.8) is 0 Å². The van der Waals surface area contributed by atoms with Gasteiger partial charge in [0.2, 0.25) is 0 Å². The molecule has 1 unspecified atom stereocenters. The van der Waals surface area contributed by atoms with Crippen molar-refractivity contribution in [3.05, 3.63) is 33.8 Å². The molecule has 21 heavy (non-hydrogen) atoms. The lowest BCUT2D eigenvalue weighted by molar-refractivity contribution is 0.181. The molecule has 4 N–H and O–H groups in total. The molecule has 0 radical (unpaired) electrons. The molecule has 0 bridgehead atoms. The van der Waals surface area contributed by atoms with Gasteiger partial charge in [-0.3, -0.25) is 0 Å². The highest BCUT2D eigenvalue weighted by molar-refractivity contribution is 6.42. The predicted octanol–water partition coefficient (Wildman–Crippen LogP) is 2.60. The summed E-state index contributed by atoms with van der Waals surface area (Å²) in [5.41, 5.74) is 6.33. The Balaban J connectivity index is 2.11. The minimum absolute atomic E-state index is 0.0832. The number of nitrogens with zero attached hydrogens (tertiary/aromatic N) is 3. The molecule has 116 valence electrons. The molecule has 2 rings (SSSR count). The SMILES string of the molecule is N/C=N\N(N)C(CCN1CCCC1)c1ccc(Cl)c(Cl)c1. The molecule has 0 aliphatic carbocycles. The summed E-state index contributed by atoms with van der Waals surface area (Å²) in [4.78, 5) is 2.44. The quantitative estimate of drug-likeness (QED) is 0.364. The lowest BCUT2D eigenvalue weighted by Crippen LogP contribution is -2.34. The summed E-state index contributed by atoms with van der Waals surface area (Å²) in [6.07, 6.45) is 4.58. The number of hydrogen-bond acceptors (Lipinski definition) is 4. The normalized spacial score (nSPS) is 17.5. The van der Waals surface area contributed by atoms with Crippen LogP contribution < -0.4 is 11.6 Å². The first kappa shape index (κ1) is 16.4. The molecule has 1 saturated heterocycles. The van der Waals surface area contributed by atoms with E-state index in [9.17, 15) is 0 Å². The van der Waals surface area contributed by atoms with Crippen molar-refractivity contribution in [2.45, 2.75) is 25.3 Å². The molecule has 1 fully saturated rings. The molecular weight excluding hydrogens is 309 g/mol. The van der Waals surface area contributed by atoms with Crippen molar-refractivity contribution in [2.24, 2.45) is 16.7 Å². The first-order valence-corrected chi connectivity index (χ1v) is 7.83. The zero-order chi connectivity index (χ0) is 15.2. The Hall–Kier alpha value is -1.01. The summed E-state index contributed by atoms with van der Waals surface area (Å²) in [6, 6.07) is 5.46. The minimum Gasteiger partial charge on any atom is -0.388 e. The molecule has 0 amide bonds. The number of benzene rings is 1. The van der Waals surface area contributed by atoms with Crippen molar-refractivity contribution in [3.8, 4) is 0 Å². The summed E-state index contributed by atoms with van der Waals surface area (Å²) < 4.78 is 0. The van der Waals surface area contributed by atoms with E-state index in [-0.39, 0.29) is 6.04 Å². The van der Waals surface area contributed by atoms with E-state index in [0.29, 0.717) is 10.0 Å². The van der Waals surface area contributed by atoms with Crippen LogP contribution in [0.15, 0.2) is 23.3 Å². The van der Waals surface area contributed by atoms with Gasteiger partial charge >= 0.3 is 0 Å². The van der Waals surface area contributed by atoms with E-state index in [1.165, 1.54) is 24.3 Å². The summed E-state index contributed by atoms with van der Waals surface area (Å²) in [5, 5.41) is 6.40. The van der Waals surface area contributed by atoms with Gasteiger partial charge in [-0.15, -0.1) is 0 Å². The fourth-order valence-corrected chi connectivity index (χ4v) is 2.95. The number of nitrogens with two attached hydrogens (primary N) is 2. The van der Waals surface area contributed by atoms with Crippen LogP contribution in [0.5, 0.6) is 0 Å². The monoisotopic (exact) mass is 329 g/mol. The molecular formula is C14H21Cl2N5. The van der Waals surface area contributed by atoms with Crippen molar-refractivity contribution in [1.29, 1.82) is 0 Å². The Morgan fingerprint density at radius 1 is 1.29 bits per heavy atom. The molecule has 0 saturated carbocycles. The van der Waals surface area contributed by atoms with E-state index < -0.39 is 0 Å². The third-order valence-corrected chi connectivity index (χ3v) is 4.50. The van der Waals surface area contributed by atoms with Gasteiger partial charge in [0.15, 0.2) is 0 Å². The number of hydrogen-bond donors (Lipinski definition) is 2. The summed E-state index contributed by atoms with van der Waals surface area (Å²) in [6.45, 7) is 3.27. The number of likely N-dealkylation sites (tertiary alicyclic amines) is 1. The van der Waals surface area contributed by atoms with Crippen molar-refractivity contribution in [1.82, 2.24) is 10.0 Å². The highest BCUT2D eigenvalue weighted by atomic mass is 35.5. The molecule has 1 aliphatic heterocycles. The largest absolute Gasteiger partial charge is 0.388 e. The molecule has 1 aliphatic rings. The number of hydrazone groups is 1. The van der Waals surface area contributed by atoms with Crippen LogP contribution in [0.2, 0.25) is 10.0 Å². The van der Waals surface area contributed by atoms with Crippen LogP contribution in [0.1, 0.15) is 30.9 Å². The average Bonchev–Trinajstić information content (AvgIpc) is 2.96. The maximum atomic E-state index is 6.10. The van der Waals surface area contributed by atoms with Crippen molar-refractivity contribution >= 4 is 29.5 Å². The van der Waals surface area contributed by atoms with Crippen LogP contribution in [-0.4, -0.2) is 36.0 Å². The highest BCUT2D eigenvalue weighted by Crippen LogP contribution is 2.29. The maximum absolute atomic E-state index is 6.10. The Kier molecular flexibility index (Phi) is 6.11. The van der Waals surface area contributed by atoms with Crippen LogP contribution >= 0.6 is 23.2 Å². The Morgan fingerprint density at radius 3 is 2.62 bits per heavy atom. The molecule has 5 nitrogen and oxygen atoms in total. The number of rotatable bonds is 6. The molecule has 7 heteroatoms. The van der Waals surface area contributed by atoms with Gasteiger partial charge in [0.1, 0.15) is 6.34 Å². The van der Waals surface area contributed by atoms with E-state index in [1.807, 2.05) is 12.1 Å². The standard InChI is InChI=1S/C14H21Cl2N5/c15-12-4-3-11(9-13(12)16)14(21(18)19-10-17)5-8-20-6-1-2-7-20/h3-4,9-10,14H,1-2,5-8,18H2,(H2,17,19). The molecule has 1 atom stereocenters. The van der Waals surface area contributed by atoms with Gasteiger partial charge in [-0.05, 0) is 50.0 Å². The third-order valence-electron chi connectivity index (χ3n) is 3.77. The van der Waals surface area contributed by atoms with E-state index >= 15 is 0 Å². The zero-order valence-corrected chi connectivity index (χ0v) is 13.4. The third kappa shape index (κ3) is 4.48. The first-order chi connectivity index (χ1) is 10.1. The van der Waals surface area contributed by atoms with Crippen LogP contribution in [-0.2, 0) is 0 Å². The summed E-state index contributed by atoms with van der Waals surface area (Å²) in [5.74, 6) is 5.99. The molecule has 0 spiro atoms. The Labute approximate surface area is 135 Å². The van der Waals surface area contributed by atoms with E-state index in [2.05, 4.69) is 10.0 Å². The van der Waals surface area contributed by atoms with Gasteiger partial charge in [-0.25, -0.2) is 11.0 Å². The van der Waals surface area contributed by atoms with Gasteiger partial charge in [-0.2, -0.15) is 5.10 Å². The number of hydrazine groups is 1. The van der Waals surface area contributed by atoms with Crippen LogP contribution in [0, 0.1) is 0 Å². The second-order valence-corrected chi connectivity index (χ2v) is 5.99.